The van der Waals surface area contributed by atoms with Gasteiger partial charge >= 0.3 is 0 Å². The van der Waals surface area contributed by atoms with E-state index in [1.807, 2.05) is 20.8 Å². The zero-order chi connectivity index (χ0) is 24.4. The maximum Gasteiger partial charge on any atom is 0.300 e. The van der Waals surface area contributed by atoms with Crippen LogP contribution in [-0.4, -0.2) is 28.4 Å². The van der Waals surface area contributed by atoms with Crippen LogP contribution in [0.25, 0.3) is 5.76 Å². The van der Waals surface area contributed by atoms with Crippen molar-refractivity contribution in [1.29, 1.82) is 0 Å². The molecule has 2 heterocycles. The van der Waals surface area contributed by atoms with E-state index in [4.69, 9.17) is 4.74 Å². The van der Waals surface area contributed by atoms with E-state index in [0.717, 1.165) is 5.56 Å². The predicted molar refractivity (Wildman–Crippen MR) is 127 cm³/mol. The molecule has 1 unspecified atom stereocenters. The lowest BCUT2D eigenvalue weighted by molar-refractivity contribution is -0.132. The van der Waals surface area contributed by atoms with Gasteiger partial charge in [-0.1, -0.05) is 19.9 Å². The smallest absolute Gasteiger partial charge is 0.300 e. The van der Waals surface area contributed by atoms with Gasteiger partial charge in [-0.25, -0.2) is 4.39 Å². The molecule has 34 heavy (non-hydrogen) atoms. The molecule has 0 saturated carbocycles. The first-order valence-corrected chi connectivity index (χ1v) is 11.1. The summed E-state index contributed by atoms with van der Waals surface area (Å²) >= 11 is 0. The van der Waals surface area contributed by atoms with Crippen molar-refractivity contribution in [2.75, 3.05) is 11.5 Å². The number of ketones is 1. The number of halogens is 1. The van der Waals surface area contributed by atoms with Crippen LogP contribution in [0.2, 0.25) is 0 Å². The maximum absolute atomic E-state index is 14.0. The number of benzene rings is 2. The number of hydrogen-bond acceptors (Lipinski definition) is 5. The van der Waals surface area contributed by atoms with Crippen LogP contribution in [0, 0.1) is 5.82 Å². The van der Waals surface area contributed by atoms with Crippen molar-refractivity contribution in [2.24, 2.45) is 0 Å². The molecule has 0 radical (unpaired) electrons. The number of ether oxygens (including phenoxy) is 1. The van der Waals surface area contributed by atoms with E-state index in [1.165, 1.54) is 35.5 Å². The second kappa shape index (κ2) is 9.47. The van der Waals surface area contributed by atoms with Gasteiger partial charge in [-0.05, 0) is 72.5 Å². The molecule has 1 N–H and O–H groups in total. The monoisotopic (exact) mass is 460 g/mol. The maximum atomic E-state index is 14.0. The molecule has 1 fully saturated rings. The molecule has 2 aromatic carbocycles. The van der Waals surface area contributed by atoms with Gasteiger partial charge < -0.3 is 9.84 Å². The van der Waals surface area contributed by atoms with Gasteiger partial charge in [0.1, 0.15) is 17.3 Å². The second-order valence-corrected chi connectivity index (χ2v) is 8.27. The van der Waals surface area contributed by atoms with Crippen molar-refractivity contribution in [2.45, 2.75) is 32.7 Å². The average Bonchev–Trinajstić information content (AvgIpc) is 3.10. The minimum absolute atomic E-state index is 0.0701. The molecule has 4 rings (SSSR count). The summed E-state index contributed by atoms with van der Waals surface area (Å²) in [5, 5.41) is 11.3. The highest BCUT2D eigenvalue weighted by molar-refractivity contribution is 6.51. The molecule has 174 valence electrons. The Morgan fingerprint density at radius 2 is 1.85 bits per heavy atom. The molecule has 0 spiro atoms. The van der Waals surface area contributed by atoms with E-state index in [1.54, 1.807) is 36.4 Å². The standard InChI is InChI=1S/C27H25FN2O4/c1-4-34-22-9-8-18(14-21(22)16(2)3)25(31)23-24(17-10-12-29-13-11-17)30(27(33)26(23)32)20-7-5-6-19(28)15-20/h5-16,24,31H,4H2,1-3H3/b25-23-. The topological polar surface area (TPSA) is 79.7 Å². The number of aromatic nitrogens is 1. The molecule has 1 aromatic heterocycles. The fourth-order valence-electron chi connectivity index (χ4n) is 4.18. The Labute approximate surface area is 197 Å². The lowest BCUT2D eigenvalue weighted by atomic mass is 9.93. The fraction of sp³-hybridized carbons (Fsp3) is 0.222. The van der Waals surface area contributed by atoms with Gasteiger partial charge in [0, 0.05) is 23.6 Å². The summed E-state index contributed by atoms with van der Waals surface area (Å²) < 4.78 is 19.7. The molecule has 3 aromatic rings. The number of pyridine rings is 1. The van der Waals surface area contributed by atoms with Crippen LogP contribution < -0.4 is 9.64 Å². The van der Waals surface area contributed by atoms with Crippen molar-refractivity contribution in [3.05, 3.63) is 95.1 Å². The van der Waals surface area contributed by atoms with E-state index in [0.29, 0.717) is 23.5 Å². The number of aliphatic hydroxyl groups excluding tert-OH is 1. The number of Topliss-reactive ketones (excluding diaryl/α,β-unsaturated/α-hetero) is 1. The third-order valence-electron chi connectivity index (χ3n) is 5.76. The fourth-order valence-corrected chi connectivity index (χ4v) is 4.18. The Bertz CT molecular complexity index is 1270. The number of carbonyl (C=O) groups excluding carboxylic acids is 2. The summed E-state index contributed by atoms with van der Waals surface area (Å²) in [6, 6.07) is 13.0. The van der Waals surface area contributed by atoms with Crippen molar-refractivity contribution >= 4 is 23.1 Å². The minimum atomic E-state index is -0.945. The molecular weight excluding hydrogens is 435 g/mol. The van der Waals surface area contributed by atoms with Crippen molar-refractivity contribution in [3.8, 4) is 5.75 Å². The molecule has 6 nitrogen and oxygen atoms in total. The Balaban J connectivity index is 1.92. The first-order valence-electron chi connectivity index (χ1n) is 11.1. The zero-order valence-electron chi connectivity index (χ0n) is 19.2. The first kappa shape index (κ1) is 23.2. The predicted octanol–water partition coefficient (Wildman–Crippen LogP) is 5.37. The van der Waals surface area contributed by atoms with Gasteiger partial charge in [-0.3, -0.25) is 19.5 Å². The first-order chi connectivity index (χ1) is 16.3. The lowest BCUT2D eigenvalue weighted by Crippen LogP contribution is -2.29. The van der Waals surface area contributed by atoms with Crippen molar-refractivity contribution in [3.63, 3.8) is 0 Å². The SMILES string of the molecule is CCOc1ccc(/C(O)=C2/C(=O)C(=O)N(c3cccc(F)c3)C2c2ccncc2)cc1C(C)C. The molecule has 1 saturated heterocycles. The summed E-state index contributed by atoms with van der Waals surface area (Å²) in [4.78, 5) is 31.6. The summed E-state index contributed by atoms with van der Waals surface area (Å²) in [6.07, 6.45) is 3.07. The van der Waals surface area contributed by atoms with Crippen LogP contribution in [0.15, 0.2) is 72.6 Å². The van der Waals surface area contributed by atoms with Crippen molar-refractivity contribution < 1.29 is 23.8 Å². The summed E-state index contributed by atoms with van der Waals surface area (Å²) in [5.74, 6) is -1.74. The second-order valence-electron chi connectivity index (χ2n) is 8.27. The minimum Gasteiger partial charge on any atom is -0.507 e. The molecule has 0 bridgehead atoms. The summed E-state index contributed by atoms with van der Waals surface area (Å²) in [7, 11) is 0. The molecule has 1 atom stereocenters. The van der Waals surface area contributed by atoms with E-state index in [-0.39, 0.29) is 22.9 Å². The van der Waals surface area contributed by atoms with Gasteiger partial charge in [-0.2, -0.15) is 0 Å². The molecule has 1 amide bonds. The highest BCUT2D eigenvalue weighted by Crippen LogP contribution is 2.42. The normalized spacial score (nSPS) is 17.4. The van der Waals surface area contributed by atoms with Gasteiger partial charge in [0.2, 0.25) is 0 Å². The largest absolute Gasteiger partial charge is 0.507 e. The highest BCUT2D eigenvalue weighted by Gasteiger charge is 2.47. The van der Waals surface area contributed by atoms with Crippen LogP contribution in [0.1, 0.15) is 49.4 Å². The number of amides is 1. The number of rotatable bonds is 6. The Morgan fingerprint density at radius 3 is 2.50 bits per heavy atom. The number of aliphatic hydroxyl groups is 1. The quantitative estimate of drug-likeness (QED) is 0.304. The Hall–Kier alpha value is -4.00. The number of anilines is 1. The Morgan fingerprint density at radius 1 is 1.12 bits per heavy atom. The van der Waals surface area contributed by atoms with Gasteiger partial charge in [0.05, 0.1) is 18.2 Å². The van der Waals surface area contributed by atoms with E-state index < -0.39 is 23.5 Å². The molecule has 0 aliphatic carbocycles. The van der Waals surface area contributed by atoms with Crippen LogP contribution >= 0.6 is 0 Å². The third-order valence-corrected chi connectivity index (χ3v) is 5.76. The lowest BCUT2D eigenvalue weighted by Gasteiger charge is -2.25. The molecule has 1 aliphatic heterocycles. The van der Waals surface area contributed by atoms with Gasteiger partial charge in [0.15, 0.2) is 0 Å². The number of carbonyl (C=O) groups is 2. The van der Waals surface area contributed by atoms with E-state index in [2.05, 4.69) is 4.98 Å². The summed E-state index contributed by atoms with van der Waals surface area (Å²) in [5.41, 5.74) is 1.97. The average molecular weight is 461 g/mol. The number of nitrogens with zero attached hydrogens (tertiary/aromatic N) is 2. The van der Waals surface area contributed by atoms with E-state index in [9.17, 15) is 19.1 Å². The molecule has 1 aliphatic rings. The van der Waals surface area contributed by atoms with Crippen LogP contribution in [-0.2, 0) is 9.59 Å². The number of hydrogen-bond donors (Lipinski definition) is 1. The van der Waals surface area contributed by atoms with Gasteiger partial charge in [0.25, 0.3) is 11.7 Å². The molecular formula is C27H25FN2O4. The van der Waals surface area contributed by atoms with Gasteiger partial charge in [-0.15, -0.1) is 0 Å². The van der Waals surface area contributed by atoms with Crippen molar-refractivity contribution in [1.82, 2.24) is 4.98 Å². The van der Waals surface area contributed by atoms with Crippen LogP contribution in [0.4, 0.5) is 10.1 Å². The van der Waals surface area contributed by atoms with Crippen LogP contribution in [0.5, 0.6) is 5.75 Å². The highest BCUT2D eigenvalue weighted by atomic mass is 19.1. The zero-order valence-corrected chi connectivity index (χ0v) is 19.2. The van der Waals surface area contributed by atoms with E-state index >= 15 is 0 Å². The Kier molecular flexibility index (Phi) is 6.45. The third kappa shape index (κ3) is 4.17. The van der Waals surface area contributed by atoms with Crippen LogP contribution in [0.3, 0.4) is 0 Å². The molecule has 7 heteroatoms. The summed E-state index contributed by atoms with van der Waals surface area (Å²) in [6.45, 7) is 6.38.